The van der Waals surface area contributed by atoms with Gasteiger partial charge in [-0.3, -0.25) is 9.97 Å². The number of pyridine rings is 2. The van der Waals surface area contributed by atoms with Crippen LogP contribution >= 0.6 is 0 Å². The van der Waals surface area contributed by atoms with Gasteiger partial charge in [0.25, 0.3) is 0 Å². The van der Waals surface area contributed by atoms with Gasteiger partial charge in [0.05, 0.1) is 24.3 Å². The summed E-state index contributed by atoms with van der Waals surface area (Å²) >= 11 is 0. The number of methoxy groups -OCH3 is 1. The molecule has 0 saturated heterocycles. The number of hydrogen-bond donors (Lipinski definition) is 0. The Kier molecular flexibility index (Phi) is 4.21. The number of ether oxygens (including phenoxy) is 1. The van der Waals surface area contributed by atoms with E-state index in [1.165, 1.54) is 12.3 Å². The topological polar surface area (TPSA) is 38.3 Å². The zero-order valence-corrected chi connectivity index (χ0v) is 13.4. The van der Waals surface area contributed by atoms with E-state index in [0.29, 0.717) is 11.0 Å². The summed E-state index contributed by atoms with van der Waals surface area (Å²) in [4.78, 5) is 10.5. The predicted octanol–water partition coefficient (Wildman–Crippen LogP) is 3.51. The summed E-state index contributed by atoms with van der Waals surface area (Å²) in [6.45, 7) is 0.766. The van der Waals surface area contributed by atoms with Crippen LogP contribution in [0.5, 0.6) is 5.75 Å². The standard InChI is InChI=1S/C18H18FN3O/c1-22(2)11-13-8-12(4-5-17(13)23-3)15-6-7-20-16-9-14(19)10-21-18(15)16/h4-10H,11H2,1-3H3. The highest BCUT2D eigenvalue weighted by molar-refractivity contribution is 5.91. The highest BCUT2D eigenvalue weighted by atomic mass is 19.1. The van der Waals surface area contributed by atoms with Gasteiger partial charge in [-0.1, -0.05) is 6.07 Å². The Morgan fingerprint density at radius 2 is 1.96 bits per heavy atom. The van der Waals surface area contributed by atoms with Gasteiger partial charge in [-0.15, -0.1) is 0 Å². The molecule has 5 heteroatoms. The van der Waals surface area contributed by atoms with Crippen molar-refractivity contribution in [3.63, 3.8) is 0 Å². The Hall–Kier alpha value is -2.53. The predicted molar refractivity (Wildman–Crippen MR) is 88.9 cm³/mol. The first-order chi connectivity index (χ1) is 11.1. The van der Waals surface area contributed by atoms with Crippen LogP contribution in [0.2, 0.25) is 0 Å². The average Bonchev–Trinajstić information content (AvgIpc) is 2.53. The minimum absolute atomic E-state index is 0.384. The molecule has 0 fully saturated rings. The monoisotopic (exact) mass is 311 g/mol. The molecular weight excluding hydrogens is 293 g/mol. The Labute approximate surface area is 134 Å². The van der Waals surface area contributed by atoms with Crippen LogP contribution in [0.4, 0.5) is 4.39 Å². The van der Waals surface area contributed by atoms with Crippen molar-refractivity contribution in [2.75, 3.05) is 21.2 Å². The number of aromatic nitrogens is 2. The molecule has 118 valence electrons. The Morgan fingerprint density at radius 3 is 2.70 bits per heavy atom. The highest BCUT2D eigenvalue weighted by Gasteiger charge is 2.11. The van der Waals surface area contributed by atoms with Crippen molar-refractivity contribution < 1.29 is 9.13 Å². The first-order valence-electron chi connectivity index (χ1n) is 7.31. The average molecular weight is 311 g/mol. The molecule has 0 aliphatic rings. The molecule has 0 radical (unpaired) electrons. The largest absolute Gasteiger partial charge is 0.496 e. The van der Waals surface area contributed by atoms with Gasteiger partial charge < -0.3 is 9.64 Å². The van der Waals surface area contributed by atoms with Gasteiger partial charge in [-0.2, -0.15) is 0 Å². The summed E-state index contributed by atoms with van der Waals surface area (Å²) in [5.41, 5.74) is 4.26. The maximum Gasteiger partial charge on any atom is 0.143 e. The van der Waals surface area contributed by atoms with Gasteiger partial charge in [-0.05, 0) is 37.9 Å². The zero-order valence-electron chi connectivity index (χ0n) is 13.4. The van der Waals surface area contributed by atoms with E-state index in [0.717, 1.165) is 29.0 Å². The fourth-order valence-corrected chi connectivity index (χ4v) is 2.65. The number of nitrogens with zero attached hydrogens (tertiary/aromatic N) is 3. The molecule has 0 N–H and O–H groups in total. The van der Waals surface area contributed by atoms with Crippen LogP contribution in [-0.4, -0.2) is 36.1 Å². The van der Waals surface area contributed by atoms with Crippen molar-refractivity contribution in [1.29, 1.82) is 0 Å². The molecule has 0 saturated carbocycles. The third-order valence-corrected chi connectivity index (χ3v) is 3.62. The van der Waals surface area contributed by atoms with Crippen molar-refractivity contribution in [3.8, 4) is 16.9 Å². The number of hydrogen-bond acceptors (Lipinski definition) is 4. The van der Waals surface area contributed by atoms with E-state index in [4.69, 9.17) is 4.74 Å². The molecule has 0 atom stereocenters. The first kappa shape index (κ1) is 15.4. The molecule has 0 aliphatic carbocycles. The number of halogens is 1. The van der Waals surface area contributed by atoms with Gasteiger partial charge in [-0.25, -0.2) is 4.39 Å². The molecule has 23 heavy (non-hydrogen) atoms. The molecule has 4 nitrogen and oxygen atoms in total. The lowest BCUT2D eigenvalue weighted by atomic mass is 10.0. The summed E-state index contributed by atoms with van der Waals surface area (Å²) in [5, 5.41) is 0. The molecule has 2 aromatic heterocycles. The maximum atomic E-state index is 13.4. The molecule has 1 aromatic carbocycles. The Balaban J connectivity index is 2.15. The lowest BCUT2D eigenvalue weighted by molar-refractivity contribution is 0.372. The first-order valence-corrected chi connectivity index (χ1v) is 7.31. The molecule has 0 unspecified atom stereocenters. The summed E-state index contributed by atoms with van der Waals surface area (Å²) in [7, 11) is 5.69. The number of benzene rings is 1. The van der Waals surface area contributed by atoms with E-state index >= 15 is 0 Å². The molecule has 0 bridgehead atoms. The van der Waals surface area contributed by atoms with E-state index in [9.17, 15) is 4.39 Å². The third-order valence-electron chi connectivity index (χ3n) is 3.62. The number of fused-ring (bicyclic) bond motifs is 1. The van der Waals surface area contributed by atoms with Crippen molar-refractivity contribution in [2.45, 2.75) is 6.54 Å². The third kappa shape index (κ3) is 3.14. The van der Waals surface area contributed by atoms with Gasteiger partial charge >= 0.3 is 0 Å². The van der Waals surface area contributed by atoms with Crippen LogP contribution in [-0.2, 0) is 6.54 Å². The van der Waals surface area contributed by atoms with Crippen molar-refractivity contribution in [1.82, 2.24) is 14.9 Å². The van der Waals surface area contributed by atoms with Gasteiger partial charge in [0.15, 0.2) is 0 Å². The zero-order chi connectivity index (χ0) is 16.4. The molecule has 0 spiro atoms. The molecule has 0 amide bonds. The minimum atomic E-state index is -0.384. The highest BCUT2D eigenvalue weighted by Crippen LogP contribution is 2.30. The van der Waals surface area contributed by atoms with Crippen LogP contribution in [0, 0.1) is 5.82 Å². The number of rotatable bonds is 4. The fourth-order valence-electron chi connectivity index (χ4n) is 2.65. The molecule has 0 aliphatic heterocycles. The van der Waals surface area contributed by atoms with E-state index in [-0.39, 0.29) is 5.82 Å². The van der Waals surface area contributed by atoms with Crippen LogP contribution in [0.3, 0.4) is 0 Å². The molecule has 2 heterocycles. The van der Waals surface area contributed by atoms with Crippen molar-refractivity contribution in [2.24, 2.45) is 0 Å². The smallest absolute Gasteiger partial charge is 0.143 e. The van der Waals surface area contributed by atoms with Crippen molar-refractivity contribution in [3.05, 3.63) is 54.1 Å². The van der Waals surface area contributed by atoms with E-state index < -0.39 is 0 Å². The van der Waals surface area contributed by atoms with Gasteiger partial charge in [0.1, 0.15) is 11.6 Å². The van der Waals surface area contributed by atoms with Crippen molar-refractivity contribution >= 4 is 11.0 Å². The van der Waals surface area contributed by atoms with Gasteiger partial charge in [0, 0.05) is 29.9 Å². The quantitative estimate of drug-likeness (QED) is 0.739. The lowest BCUT2D eigenvalue weighted by Gasteiger charge is -2.15. The maximum absolute atomic E-state index is 13.4. The SMILES string of the molecule is COc1ccc(-c2ccnc3cc(F)cnc23)cc1CN(C)C. The van der Waals surface area contributed by atoms with E-state index in [2.05, 4.69) is 20.9 Å². The molecular formula is C18H18FN3O. The Bertz CT molecular complexity index is 849. The second kappa shape index (κ2) is 6.30. The van der Waals surface area contributed by atoms with Crippen LogP contribution in [0.1, 0.15) is 5.56 Å². The lowest BCUT2D eigenvalue weighted by Crippen LogP contribution is -2.11. The summed E-state index contributed by atoms with van der Waals surface area (Å²) in [6.07, 6.45) is 2.90. The van der Waals surface area contributed by atoms with Crippen LogP contribution in [0.25, 0.3) is 22.2 Å². The second-order valence-electron chi connectivity index (χ2n) is 5.64. The summed E-state index contributed by atoms with van der Waals surface area (Å²) in [5.74, 6) is 0.463. The summed E-state index contributed by atoms with van der Waals surface area (Å²) in [6, 6.07) is 9.31. The van der Waals surface area contributed by atoms with Crippen LogP contribution in [0.15, 0.2) is 42.7 Å². The molecule has 3 rings (SSSR count). The van der Waals surface area contributed by atoms with E-state index in [1.807, 2.05) is 32.3 Å². The normalized spacial score (nSPS) is 11.2. The Morgan fingerprint density at radius 1 is 1.13 bits per heavy atom. The minimum Gasteiger partial charge on any atom is -0.496 e. The van der Waals surface area contributed by atoms with Crippen LogP contribution < -0.4 is 4.74 Å². The van der Waals surface area contributed by atoms with E-state index in [1.54, 1.807) is 13.3 Å². The summed E-state index contributed by atoms with van der Waals surface area (Å²) < 4.78 is 18.8. The van der Waals surface area contributed by atoms with Gasteiger partial charge in [0.2, 0.25) is 0 Å². The molecule has 3 aromatic rings. The second-order valence-corrected chi connectivity index (χ2v) is 5.64. The fraction of sp³-hybridized carbons (Fsp3) is 0.222.